The van der Waals surface area contributed by atoms with Crippen LogP contribution in [0.15, 0.2) is 0 Å². The van der Waals surface area contributed by atoms with Crippen molar-refractivity contribution in [1.29, 1.82) is 0 Å². The maximum Gasteiger partial charge on any atom is 0.694 e. The lowest BCUT2D eigenvalue weighted by atomic mass is 10.0. The molecule has 24 heavy (non-hydrogen) atoms. The van der Waals surface area contributed by atoms with Gasteiger partial charge in [-0.15, -0.1) is 9.42 Å². The van der Waals surface area contributed by atoms with Gasteiger partial charge in [0.1, 0.15) is 6.61 Å². The van der Waals surface area contributed by atoms with Gasteiger partial charge < -0.3 is 0 Å². The van der Waals surface area contributed by atoms with Crippen LogP contribution in [0.1, 0.15) is 124 Å². The molecule has 0 aliphatic carbocycles. The third kappa shape index (κ3) is 30.0. The minimum atomic E-state index is -2.36. The van der Waals surface area contributed by atoms with Gasteiger partial charge in [-0.1, -0.05) is 117 Å². The van der Waals surface area contributed by atoms with Crippen LogP contribution in [0.3, 0.4) is 0 Å². The highest BCUT2D eigenvalue weighted by atomic mass is 31.1. The van der Waals surface area contributed by atoms with Crippen molar-refractivity contribution in [3.63, 3.8) is 0 Å². The molecule has 0 aromatic carbocycles. The van der Waals surface area contributed by atoms with Gasteiger partial charge in [0, 0.05) is 4.57 Å². The van der Waals surface area contributed by atoms with Gasteiger partial charge >= 0.3 is 8.25 Å². The molecule has 0 saturated heterocycles. The number of rotatable bonds is 17. The molecular weight excluding hydrogens is 319 g/mol. The molecule has 4 heteroatoms. The Morgan fingerprint density at radius 2 is 0.875 bits per heavy atom. The average Bonchev–Trinajstić information content (AvgIpc) is 2.56. The average molecular weight is 364 g/mol. The Bertz CT molecular complexity index is 221. The van der Waals surface area contributed by atoms with Crippen molar-refractivity contribution in [3.8, 4) is 0 Å². The molecule has 3 nitrogen and oxygen atoms in total. The molecule has 0 heterocycles. The summed E-state index contributed by atoms with van der Waals surface area (Å²) in [6.45, 7) is 6.97. The third-order valence-corrected chi connectivity index (χ3v) is 4.56. The first kappa shape index (κ1) is 26.3. The van der Waals surface area contributed by atoms with Crippen LogP contribution in [-0.4, -0.2) is 11.5 Å². The second-order valence-corrected chi connectivity index (χ2v) is 7.40. The fourth-order valence-corrected chi connectivity index (χ4v) is 2.84. The van der Waals surface area contributed by atoms with Crippen LogP contribution in [0.25, 0.3) is 0 Å². The molecule has 0 rings (SSSR count). The number of hydrogen-bond acceptors (Lipinski definition) is 2. The quantitative estimate of drug-likeness (QED) is 0.211. The summed E-state index contributed by atoms with van der Waals surface area (Å²) in [4.78, 5) is 8.07. The molecule has 1 unspecified atom stereocenters. The van der Waals surface area contributed by atoms with E-state index in [2.05, 4.69) is 18.4 Å². The zero-order valence-corrected chi connectivity index (χ0v) is 17.6. The fraction of sp³-hybridized carbons (Fsp3) is 1.00. The van der Waals surface area contributed by atoms with Crippen LogP contribution in [0.5, 0.6) is 0 Å². The normalized spacial score (nSPS) is 11.1. The van der Waals surface area contributed by atoms with E-state index < -0.39 is 8.25 Å². The van der Waals surface area contributed by atoms with Gasteiger partial charge in [-0.05, 0) is 6.42 Å². The molecule has 1 atom stereocenters. The maximum atomic E-state index is 9.80. The Balaban J connectivity index is 0. The topological polar surface area (TPSA) is 46.5 Å². The smallest absolute Gasteiger partial charge is 0.133 e. The van der Waals surface area contributed by atoms with Gasteiger partial charge in [-0.2, -0.15) is 0 Å². The molecule has 0 saturated carbocycles. The first-order valence-corrected chi connectivity index (χ1v) is 11.6. The highest BCUT2D eigenvalue weighted by molar-refractivity contribution is 7.32. The predicted octanol–water partition coefficient (Wildman–Crippen LogP) is 7.94. The minimum Gasteiger partial charge on any atom is -0.133 e. The summed E-state index contributed by atoms with van der Waals surface area (Å²) in [6.07, 6.45) is 22.3. The highest BCUT2D eigenvalue weighted by Crippen LogP contribution is 2.14. The van der Waals surface area contributed by atoms with Gasteiger partial charge in [-0.3, -0.25) is 0 Å². The van der Waals surface area contributed by atoms with Crippen LogP contribution in [0, 0.1) is 0 Å². The molecular formula is C20H44O3P+. The van der Waals surface area contributed by atoms with E-state index >= 15 is 0 Å². The first-order chi connectivity index (χ1) is 11.7. The molecule has 0 fully saturated rings. The van der Waals surface area contributed by atoms with Crippen LogP contribution in [-0.2, 0) is 9.09 Å². The second kappa shape index (κ2) is 25.3. The van der Waals surface area contributed by atoms with E-state index in [-0.39, 0.29) is 0 Å². The van der Waals surface area contributed by atoms with E-state index in [1.807, 2.05) is 6.92 Å². The van der Waals surface area contributed by atoms with E-state index in [4.69, 9.17) is 4.89 Å². The van der Waals surface area contributed by atoms with E-state index in [1.165, 1.54) is 89.9 Å². The Morgan fingerprint density at radius 1 is 0.583 bits per heavy atom. The molecule has 0 bridgehead atoms. The lowest BCUT2D eigenvalue weighted by Gasteiger charge is -2.02. The Hall–Kier alpha value is 0.0200. The SMILES string of the molecule is CCCCCCCCCCCCCCCC.CCCCO[P+](=O)O. The summed E-state index contributed by atoms with van der Waals surface area (Å²) in [5, 5.41) is 0. The van der Waals surface area contributed by atoms with Gasteiger partial charge in [-0.25, -0.2) is 0 Å². The van der Waals surface area contributed by atoms with Gasteiger partial charge in [0.05, 0.1) is 0 Å². The van der Waals surface area contributed by atoms with E-state index in [0.717, 1.165) is 12.8 Å². The predicted molar refractivity (Wildman–Crippen MR) is 107 cm³/mol. The maximum absolute atomic E-state index is 9.80. The zero-order chi connectivity index (χ0) is 18.3. The molecule has 0 aromatic heterocycles. The van der Waals surface area contributed by atoms with Crippen molar-refractivity contribution in [3.05, 3.63) is 0 Å². The minimum absolute atomic E-state index is 0.391. The van der Waals surface area contributed by atoms with Crippen molar-refractivity contribution < 1.29 is 14.0 Å². The first-order valence-electron chi connectivity index (χ1n) is 10.5. The number of unbranched alkanes of at least 4 members (excludes halogenated alkanes) is 14. The van der Waals surface area contributed by atoms with Crippen LogP contribution in [0.2, 0.25) is 0 Å². The lowest BCUT2D eigenvalue weighted by molar-refractivity contribution is 0.276. The number of hydrogen-bond donors (Lipinski definition) is 1. The van der Waals surface area contributed by atoms with Gasteiger partial charge in [0.2, 0.25) is 0 Å². The van der Waals surface area contributed by atoms with Gasteiger partial charge in [0.25, 0.3) is 0 Å². The van der Waals surface area contributed by atoms with Crippen LogP contribution >= 0.6 is 8.25 Å². The largest absolute Gasteiger partial charge is 0.694 e. The highest BCUT2D eigenvalue weighted by Gasteiger charge is 2.09. The Morgan fingerprint density at radius 3 is 1.12 bits per heavy atom. The van der Waals surface area contributed by atoms with E-state index in [9.17, 15) is 4.57 Å². The molecule has 0 aliphatic rings. The summed E-state index contributed by atoms with van der Waals surface area (Å²) in [7, 11) is -2.36. The molecule has 0 spiro atoms. The molecule has 0 aromatic rings. The molecule has 0 amide bonds. The fourth-order valence-electron chi connectivity index (χ4n) is 2.55. The van der Waals surface area contributed by atoms with Gasteiger partial charge in [0.15, 0.2) is 0 Å². The standard InChI is InChI=1S/C16H34.C4H9O3P/c1-3-5-7-9-11-13-15-16-14-12-10-8-6-4-2;1-2-3-4-7-8(5)6/h3-16H2,1-2H3;2-4H2,1H3/p+1. The van der Waals surface area contributed by atoms with Crippen molar-refractivity contribution in [1.82, 2.24) is 0 Å². The van der Waals surface area contributed by atoms with Crippen molar-refractivity contribution >= 4 is 8.25 Å². The third-order valence-electron chi connectivity index (χ3n) is 4.16. The Kier molecular flexibility index (Phi) is 27.6. The second-order valence-electron chi connectivity index (χ2n) is 6.67. The van der Waals surface area contributed by atoms with E-state index in [0.29, 0.717) is 6.61 Å². The molecule has 0 aliphatic heterocycles. The van der Waals surface area contributed by atoms with E-state index in [1.54, 1.807) is 0 Å². The zero-order valence-electron chi connectivity index (χ0n) is 16.7. The summed E-state index contributed by atoms with van der Waals surface area (Å²) in [6, 6.07) is 0. The molecule has 146 valence electrons. The summed E-state index contributed by atoms with van der Waals surface area (Å²) in [5.41, 5.74) is 0. The molecule has 1 N–H and O–H groups in total. The van der Waals surface area contributed by atoms with Crippen molar-refractivity contribution in [2.75, 3.05) is 6.61 Å². The van der Waals surface area contributed by atoms with Crippen molar-refractivity contribution in [2.45, 2.75) is 124 Å². The summed E-state index contributed by atoms with van der Waals surface area (Å²) in [5.74, 6) is 0. The summed E-state index contributed by atoms with van der Waals surface area (Å²) >= 11 is 0. The summed E-state index contributed by atoms with van der Waals surface area (Å²) < 4.78 is 14.1. The molecule has 0 radical (unpaired) electrons. The monoisotopic (exact) mass is 363 g/mol. The van der Waals surface area contributed by atoms with Crippen LogP contribution < -0.4 is 0 Å². The van der Waals surface area contributed by atoms with Crippen molar-refractivity contribution in [2.24, 2.45) is 0 Å². The van der Waals surface area contributed by atoms with Crippen LogP contribution in [0.4, 0.5) is 0 Å². The lowest BCUT2D eigenvalue weighted by Crippen LogP contribution is -1.82. The Labute approximate surface area is 152 Å².